The molecule has 69 heavy (non-hydrogen) atoms. The van der Waals surface area contributed by atoms with Gasteiger partial charge >= 0.3 is 0 Å². The van der Waals surface area contributed by atoms with Crippen LogP contribution in [0.2, 0.25) is 0 Å². The van der Waals surface area contributed by atoms with Gasteiger partial charge in [0, 0.05) is 49.4 Å². The minimum Gasteiger partial charge on any atom is -0.456 e. The molecule has 0 atom stereocenters. The Kier molecular flexibility index (Phi) is 8.07. The maximum Gasteiger partial charge on any atom is 0.136 e. The van der Waals surface area contributed by atoms with Gasteiger partial charge in [-0.25, -0.2) is 0 Å². The normalized spacial score (nSPS) is 12.1. The molecule has 15 aromatic rings. The molecule has 0 aliphatic heterocycles. The van der Waals surface area contributed by atoms with Crippen LogP contribution in [-0.4, -0.2) is 4.40 Å². The number of hydrogen-bond acceptors (Lipinski definition) is 2. The first-order valence-electron chi connectivity index (χ1n) is 23.7. The van der Waals surface area contributed by atoms with E-state index in [0.29, 0.717) is 0 Å². The highest BCUT2D eigenvalue weighted by Crippen LogP contribution is 2.43. The number of benzene rings is 12. The fraction of sp³-hybridized carbons (Fsp3) is 0. The molecule has 0 radical (unpaired) electrons. The van der Waals surface area contributed by atoms with Crippen molar-refractivity contribution in [2.45, 2.75) is 0 Å². The standard InChI is InChI=1S/C66H40N2O/c1-2-12-52-50(10-1)51-11-3-4-13-53(51)60-38-44(26-35-54(52)60)41-20-29-47(30-21-41)67(49-33-24-43(25-34-49)46-27-36-57-56-15-6-8-19-64(56)69-65(57)40-46)48-31-22-42(23-32-48)45-28-37-63-61(39-45)59-17-9-16-58-55-14-5-7-18-62(55)68(63)66(58)59/h1-40H. The van der Waals surface area contributed by atoms with E-state index >= 15 is 0 Å². The molecule has 0 spiro atoms. The van der Waals surface area contributed by atoms with Gasteiger partial charge in [0.2, 0.25) is 0 Å². The summed E-state index contributed by atoms with van der Waals surface area (Å²) in [6, 6.07) is 88.8. The minimum atomic E-state index is 0.899. The SMILES string of the molecule is c1ccc2c(c1)oc1cc(-c3ccc(N(c4ccc(-c5ccc6c7ccccc7c7ccccc7c6c5)cc4)c4ccc(-c5ccc6c(c5)c5cccc7c8ccccc8n6c75)cc4)cc3)ccc12. The summed E-state index contributed by atoms with van der Waals surface area (Å²) in [6.45, 7) is 0. The largest absolute Gasteiger partial charge is 0.456 e. The number of aromatic nitrogens is 1. The van der Waals surface area contributed by atoms with Crippen molar-refractivity contribution in [3.63, 3.8) is 0 Å². The van der Waals surface area contributed by atoms with Crippen molar-refractivity contribution >= 4 is 109 Å². The Morgan fingerprint density at radius 3 is 1.25 bits per heavy atom. The predicted molar refractivity (Wildman–Crippen MR) is 292 cm³/mol. The minimum absolute atomic E-state index is 0.899. The molecule has 3 aromatic heterocycles. The zero-order valence-corrected chi connectivity index (χ0v) is 37.4. The Balaban J connectivity index is 0.819. The molecule has 0 aliphatic rings. The van der Waals surface area contributed by atoms with E-state index in [1.807, 2.05) is 12.1 Å². The molecule has 12 aromatic carbocycles. The van der Waals surface area contributed by atoms with E-state index in [0.717, 1.165) is 50.1 Å². The molecular formula is C66H40N2O. The van der Waals surface area contributed by atoms with Crippen molar-refractivity contribution in [3.05, 3.63) is 243 Å². The highest BCUT2D eigenvalue weighted by atomic mass is 16.3. The number of hydrogen-bond donors (Lipinski definition) is 0. The summed E-state index contributed by atoms with van der Waals surface area (Å²) in [4.78, 5) is 2.36. The lowest BCUT2D eigenvalue weighted by atomic mass is 9.92. The van der Waals surface area contributed by atoms with Gasteiger partial charge in [-0.15, -0.1) is 0 Å². The van der Waals surface area contributed by atoms with Gasteiger partial charge in [0.1, 0.15) is 11.2 Å². The summed E-state index contributed by atoms with van der Waals surface area (Å²) in [7, 11) is 0. The molecule has 0 aliphatic carbocycles. The third kappa shape index (κ3) is 5.74. The van der Waals surface area contributed by atoms with Crippen LogP contribution in [0.25, 0.3) is 126 Å². The zero-order chi connectivity index (χ0) is 45.2. The zero-order valence-electron chi connectivity index (χ0n) is 37.4. The smallest absolute Gasteiger partial charge is 0.136 e. The van der Waals surface area contributed by atoms with Crippen LogP contribution < -0.4 is 4.90 Å². The van der Waals surface area contributed by atoms with E-state index in [2.05, 4.69) is 240 Å². The third-order valence-electron chi connectivity index (χ3n) is 14.7. The number of rotatable bonds is 6. The van der Waals surface area contributed by atoms with Gasteiger partial charge in [-0.2, -0.15) is 0 Å². The van der Waals surface area contributed by atoms with E-state index in [9.17, 15) is 0 Å². The van der Waals surface area contributed by atoms with Gasteiger partial charge in [0.05, 0.1) is 16.6 Å². The van der Waals surface area contributed by atoms with Crippen LogP contribution in [-0.2, 0) is 0 Å². The molecule has 15 rings (SSSR count). The second-order valence-corrected chi connectivity index (χ2v) is 18.4. The number of para-hydroxylation sites is 3. The average molecular weight is 877 g/mol. The number of anilines is 3. The fourth-order valence-corrected chi connectivity index (χ4v) is 11.5. The van der Waals surface area contributed by atoms with Gasteiger partial charge in [-0.05, 0) is 145 Å². The van der Waals surface area contributed by atoms with Crippen LogP contribution in [0.3, 0.4) is 0 Å². The lowest BCUT2D eigenvalue weighted by Gasteiger charge is -2.26. The predicted octanol–water partition coefficient (Wildman–Crippen LogP) is 18.7. The highest BCUT2D eigenvalue weighted by Gasteiger charge is 2.19. The van der Waals surface area contributed by atoms with Crippen molar-refractivity contribution in [1.29, 1.82) is 0 Å². The molecule has 0 amide bonds. The van der Waals surface area contributed by atoms with Crippen LogP contribution in [0.1, 0.15) is 0 Å². The van der Waals surface area contributed by atoms with Crippen LogP contribution in [0.15, 0.2) is 247 Å². The summed E-state index contributed by atoms with van der Waals surface area (Å²) in [5.74, 6) is 0. The molecule has 0 fully saturated rings. The van der Waals surface area contributed by atoms with Gasteiger partial charge < -0.3 is 13.7 Å². The topological polar surface area (TPSA) is 20.8 Å². The number of nitrogens with zero attached hydrogens (tertiary/aromatic N) is 2. The summed E-state index contributed by atoms with van der Waals surface area (Å²) in [5.41, 5.74) is 15.9. The second kappa shape index (κ2) is 14.7. The van der Waals surface area contributed by atoms with E-state index in [1.165, 1.54) is 92.7 Å². The third-order valence-corrected chi connectivity index (χ3v) is 14.7. The van der Waals surface area contributed by atoms with E-state index < -0.39 is 0 Å². The lowest BCUT2D eigenvalue weighted by molar-refractivity contribution is 0.669. The van der Waals surface area contributed by atoms with Crippen LogP contribution >= 0.6 is 0 Å². The van der Waals surface area contributed by atoms with Gasteiger partial charge in [0.15, 0.2) is 0 Å². The van der Waals surface area contributed by atoms with Gasteiger partial charge in [-0.1, -0.05) is 164 Å². The Bertz CT molecular complexity index is 4480. The van der Waals surface area contributed by atoms with Crippen LogP contribution in [0.5, 0.6) is 0 Å². The molecule has 0 N–H and O–H groups in total. The Hall–Kier alpha value is -9.18. The molecule has 0 unspecified atom stereocenters. The Morgan fingerprint density at radius 1 is 0.246 bits per heavy atom. The van der Waals surface area contributed by atoms with Crippen molar-refractivity contribution in [1.82, 2.24) is 4.40 Å². The van der Waals surface area contributed by atoms with Crippen molar-refractivity contribution in [2.75, 3.05) is 4.90 Å². The van der Waals surface area contributed by atoms with Crippen molar-refractivity contribution in [3.8, 4) is 33.4 Å². The Morgan fingerprint density at radius 2 is 0.638 bits per heavy atom. The van der Waals surface area contributed by atoms with E-state index in [1.54, 1.807) is 0 Å². The first-order valence-corrected chi connectivity index (χ1v) is 23.7. The Labute approximate surface area is 397 Å². The number of furan rings is 1. The summed E-state index contributed by atoms with van der Waals surface area (Å²) >= 11 is 0. The van der Waals surface area contributed by atoms with Crippen molar-refractivity contribution in [2.24, 2.45) is 0 Å². The lowest BCUT2D eigenvalue weighted by Crippen LogP contribution is -2.09. The molecule has 3 heteroatoms. The maximum atomic E-state index is 6.28. The molecule has 0 saturated heterocycles. The highest BCUT2D eigenvalue weighted by molar-refractivity contribution is 6.26. The molecule has 3 nitrogen and oxygen atoms in total. The van der Waals surface area contributed by atoms with Gasteiger partial charge in [-0.3, -0.25) is 0 Å². The summed E-state index contributed by atoms with van der Waals surface area (Å²) < 4.78 is 8.73. The van der Waals surface area contributed by atoms with Crippen LogP contribution in [0, 0.1) is 0 Å². The van der Waals surface area contributed by atoms with Crippen molar-refractivity contribution < 1.29 is 4.42 Å². The quantitative estimate of drug-likeness (QED) is 0.155. The first-order chi connectivity index (χ1) is 34.2. The van der Waals surface area contributed by atoms with E-state index in [4.69, 9.17) is 4.42 Å². The second-order valence-electron chi connectivity index (χ2n) is 18.4. The van der Waals surface area contributed by atoms with Gasteiger partial charge in [0.25, 0.3) is 0 Å². The molecule has 0 bridgehead atoms. The summed E-state index contributed by atoms with van der Waals surface area (Å²) in [5, 5.41) is 15.1. The summed E-state index contributed by atoms with van der Waals surface area (Å²) in [6.07, 6.45) is 0. The molecule has 320 valence electrons. The number of fused-ring (bicyclic) bond motifs is 15. The fourth-order valence-electron chi connectivity index (χ4n) is 11.5. The maximum absolute atomic E-state index is 6.28. The van der Waals surface area contributed by atoms with E-state index in [-0.39, 0.29) is 0 Å². The first kappa shape index (κ1) is 38.0. The molecular weight excluding hydrogens is 837 g/mol. The monoisotopic (exact) mass is 876 g/mol. The molecule has 0 saturated carbocycles. The van der Waals surface area contributed by atoms with Crippen LogP contribution in [0.4, 0.5) is 17.1 Å². The average Bonchev–Trinajstić information content (AvgIpc) is 4.08. The molecule has 3 heterocycles.